The summed E-state index contributed by atoms with van der Waals surface area (Å²) in [6.07, 6.45) is -2.94. The summed E-state index contributed by atoms with van der Waals surface area (Å²) in [5.74, 6) is -1.42. The van der Waals surface area contributed by atoms with Crippen LogP contribution < -0.4 is 16.0 Å². The molecule has 1 saturated carbocycles. The third kappa shape index (κ3) is 3.41. The van der Waals surface area contributed by atoms with Gasteiger partial charge in [0.2, 0.25) is 0 Å². The van der Waals surface area contributed by atoms with Crippen LogP contribution in [0.2, 0.25) is 0 Å². The summed E-state index contributed by atoms with van der Waals surface area (Å²) in [6.45, 7) is 0.605. The van der Waals surface area contributed by atoms with Crippen LogP contribution in [-0.2, 0) is 4.79 Å². The molecule has 1 saturated heterocycles. The average molecular weight is 349 g/mol. The van der Waals surface area contributed by atoms with Crippen molar-refractivity contribution in [1.82, 2.24) is 15.1 Å². The Morgan fingerprint density at radius 1 is 1.25 bits per heavy atom. The van der Waals surface area contributed by atoms with Crippen LogP contribution in [0.5, 0.6) is 0 Å². The molecule has 1 aromatic heterocycles. The molecule has 1 aromatic rings. The second kappa shape index (κ2) is 6.14. The topological polar surface area (TPSA) is 76.2 Å². The quantitative estimate of drug-likeness (QED) is 0.816. The van der Waals surface area contributed by atoms with E-state index in [1.165, 1.54) is 6.20 Å². The summed E-state index contributed by atoms with van der Waals surface area (Å²) in [5.41, 5.74) is 6.43. The van der Waals surface area contributed by atoms with Crippen molar-refractivity contribution in [2.24, 2.45) is 0 Å². The first-order valence-corrected chi connectivity index (χ1v) is 7.87. The molecule has 2 heterocycles. The summed E-state index contributed by atoms with van der Waals surface area (Å²) in [4.78, 5) is 12.9. The summed E-state index contributed by atoms with van der Waals surface area (Å²) < 4.78 is 53.1. The van der Waals surface area contributed by atoms with E-state index in [-0.39, 0.29) is 18.9 Å². The number of hydrogen-bond donors (Lipinski definition) is 2. The van der Waals surface area contributed by atoms with Crippen molar-refractivity contribution in [2.45, 2.75) is 50.1 Å². The van der Waals surface area contributed by atoms with Gasteiger partial charge in [0.15, 0.2) is 5.82 Å². The number of nitrogens with one attached hydrogen (secondary N) is 1. The number of nitrogens with zero attached hydrogens (tertiary/aromatic N) is 3. The molecule has 2 aliphatic rings. The number of nitrogen functional groups attached to an aromatic ring is 1. The summed E-state index contributed by atoms with van der Waals surface area (Å²) in [7, 11) is 0. The number of carbonyl (C=O) groups excluding carboxylic acids is 1. The number of hydrogen-bond acceptors (Lipinski definition) is 4. The zero-order chi connectivity index (χ0) is 17.5. The number of anilines is 2. The van der Waals surface area contributed by atoms with Gasteiger partial charge in [0.25, 0.3) is 0 Å². The molecule has 0 radical (unpaired) electrons. The Balaban J connectivity index is 1.70. The van der Waals surface area contributed by atoms with Crippen LogP contribution in [0.3, 0.4) is 0 Å². The Morgan fingerprint density at radius 2 is 1.92 bits per heavy atom. The molecule has 6 nitrogen and oxygen atoms in total. The molecular formula is C14H19F4N5O. The Hall–Kier alpha value is -2.00. The highest BCUT2D eigenvalue weighted by atomic mass is 19.4. The predicted octanol–water partition coefficient (Wildman–Crippen LogP) is 1.79. The van der Waals surface area contributed by atoms with Gasteiger partial charge in [-0.15, -0.1) is 0 Å². The van der Waals surface area contributed by atoms with Crippen molar-refractivity contribution in [3.05, 3.63) is 6.20 Å². The highest BCUT2D eigenvalue weighted by molar-refractivity contribution is 5.82. The Bertz CT molecular complexity index is 613. The molecule has 24 heavy (non-hydrogen) atoms. The van der Waals surface area contributed by atoms with E-state index in [1.54, 1.807) is 10.00 Å². The van der Waals surface area contributed by atoms with Crippen LogP contribution in [0, 0.1) is 0 Å². The van der Waals surface area contributed by atoms with Gasteiger partial charge in [-0.25, -0.2) is 9.07 Å². The lowest BCUT2D eigenvalue weighted by Crippen LogP contribution is -2.47. The van der Waals surface area contributed by atoms with E-state index in [4.69, 9.17) is 5.73 Å². The SMILES string of the molecule is Nc1cnn(C2CC2)c1N1CC[C@H](F)[C@H](NC(=O)C(F)(F)F)CC1. The highest BCUT2D eigenvalue weighted by Gasteiger charge is 2.41. The molecule has 0 spiro atoms. The summed E-state index contributed by atoms with van der Waals surface area (Å²) in [5, 5.41) is 6.00. The van der Waals surface area contributed by atoms with Crippen molar-refractivity contribution in [1.29, 1.82) is 0 Å². The molecule has 2 fully saturated rings. The fraction of sp³-hybridized carbons (Fsp3) is 0.714. The van der Waals surface area contributed by atoms with Crippen LogP contribution in [0.15, 0.2) is 6.20 Å². The van der Waals surface area contributed by atoms with Gasteiger partial charge in [0, 0.05) is 13.1 Å². The minimum Gasteiger partial charge on any atom is -0.394 e. The van der Waals surface area contributed by atoms with Gasteiger partial charge in [0.05, 0.1) is 24.0 Å². The van der Waals surface area contributed by atoms with Crippen molar-refractivity contribution < 1.29 is 22.4 Å². The van der Waals surface area contributed by atoms with Gasteiger partial charge in [-0.1, -0.05) is 0 Å². The summed E-state index contributed by atoms with van der Waals surface area (Å²) in [6, 6.07) is -0.884. The van der Waals surface area contributed by atoms with E-state index in [1.807, 2.05) is 4.90 Å². The normalized spacial score (nSPS) is 25.4. The van der Waals surface area contributed by atoms with Crippen LogP contribution in [-0.4, -0.2) is 47.2 Å². The molecule has 1 aliphatic carbocycles. The van der Waals surface area contributed by atoms with Crippen molar-refractivity contribution >= 4 is 17.4 Å². The van der Waals surface area contributed by atoms with Gasteiger partial charge in [-0.05, 0) is 25.7 Å². The van der Waals surface area contributed by atoms with Crippen molar-refractivity contribution in [2.75, 3.05) is 23.7 Å². The molecule has 1 aliphatic heterocycles. The number of alkyl halides is 4. The maximum absolute atomic E-state index is 14.2. The second-order valence-electron chi connectivity index (χ2n) is 6.26. The Labute approximate surface area is 136 Å². The molecular weight excluding hydrogens is 330 g/mol. The lowest BCUT2D eigenvalue weighted by Gasteiger charge is -2.24. The van der Waals surface area contributed by atoms with Crippen LogP contribution in [0.1, 0.15) is 31.7 Å². The predicted molar refractivity (Wildman–Crippen MR) is 79.2 cm³/mol. The van der Waals surface area contributed by atoms with Gasteiger partial charge in [-0.2, -0.15) is 18.3 Å². The van der Waals surface area contributed by atoms with Gasteiger partial charge in [-0.3, -0.25) is 4.79 Å². The lowest BCUT2D eigenvalue weighted by atomic mass is 10.1. The van der Waals surface area contributed by atoms with Crippen molar-refractivity contribution in [3.8, 4) is 0 Å². The van der Waals surface area contributed by atoms with E-state index in [2.05, 4.69) is 5.10 Å². The van der Waals surface area contributed by atoms with Crippen LogP contribution in [0.25, 0.3) is 0 Å². The van der Waals surface area contributed by atoms with Gasteiger partial charge >= 0.3 is 12.1 Å². The third-order valence-electron chi connectivity index (χ3n) is 4.38. The highest BCUT2D eigenvalue weighted by Crippen LogP contribution is 2.40. The fourth-order valence-corrected chi connectivity index (χ4v) is 2.98. The van der Waals surface area contributed by atoms with Gasteiger partial charge < -0.3 is 16.0 Å². The zero-order valence-corrected chi connectivity index (χ0v) is 12.9. The average Bonchev–Trinajstić information content (AvgIpc) is 3.29. The number of nitrogens with two attached hydrogens (primary N) is 1. The van der Waals surface area contributed by atoms with E-state index in [0.717, 1.165) is 12.8 Å². The van der Waals surface area contributed by atoms with Crippen LogP contribution in [0.4, 0.5) is 29.1 Å². The number of carbonyl (C=O) groups is 1. The first-order valence-electron chi connectivity index (χ1n) is 7.87. The molecule has 134 valence electrons. The van der Waals surface area contributed by atoms with Gasteiger partial charge in [0.1, 0.15) is 6.17 Å². The van der Waals surface area contributed by atoms with Crippen molar-refractivity contribution in [3.63, 3.8) is 0 Å². The monoisotopic (exact) mass is 349 g/mol. The first kappa shape index (κ1) is 16.8. The maximum atomic E-state index is 14.2. The molecule has 0 aromatic carbocycles. The van der Waals surface area contributed by atoms with E-state index < -0.39 is 24.3 Å². The zero-order valence-electron chi connectivity index (χ0n) is 12.9. The number of rotatable bonds is 3. The second-order valence-corrected chi connectivity index (χ2v) is 6.26. The standard InChI is InChI=1S/C14H19F4N5O/c15-9-3-5-22(6-4-11(9)21-13(24)14(16,17)18)12-10(19)7-20-23(12)8-1-2-8/h7-9,11H,1-6,19H2,(H,21,24)/t9-,11+/m0/s1. The molecule has 3 N–H and O–H groups in total. The summed E-state index contributed by atoms with van der Waals surface area (Å²) >= 11 is 0. The molecule has 3 rings (SSSR count). The third-order valence-corrected chi connectivity index (χ3v) is 4.38. The maximum Gasteiger partial charge on any atom is 0.471 e. The minimum absolute atomic E-state index is 0.0120. The molecule has 0 unspecified atom stereocenters. The molecule has 1 amide bonds. The largest absolute Gasteiger partial charge is 0.471 e. The van der Waals surface area contributed by atoms with E-state index in [9.17, 15) is 22.4 Å². The minimum atomic E-state index is -5.01. The van der Waals surface area contributed by atoms with Crippen LogP contribution >= 0.6 is 0 Å². The Morgan fingerprint density at radius 3 is 2.54 bits per heavy atom. The first-order chi connectivity index (χ1) is 11.3. The number of halogens is 4. The lowest BCUT2D eigenvalue weighted by molar-refractivity contribution is -0.174. The number of aromatic nitrogens is 2. The molecule has 10 heteroatoms. The van der Waals surface area contributed by atoms with E-state index >= 15 is 0 Å². The molecule has 0 bridgehead atoms. The molecule has 2 atom stereocenters. The Kier molecular flexibility index (Phi) is 4.31. The van der Waals surface area contributed by atoms with E-state index in [0.29, 0.717) is 24.6 Å². The smallest absolute Gasteiger partial charge is 0.394 e. The fourth-order valence-electron chi connectivity index (χ4n) is 2.98. The number of amides is 1.